The molecule has 0 aliphatic heterocycles. The molecule has 0 amide bonds. The van der Waals surface area contributed by atoms with E-state index >= 15 is 0 Å². The number of benzene rings is 1. The number of nitrogens with two attached hydrogens (primary N) is 1. The van der Waals surface area contributed by atoms with E-state index in [0.717, 1.165) is 5.56 Å². The van der Waals surface area contributed by atoms with Gasteiger partial charge < -0.3 is 15.5 Å². The minimum absolute atomic E-state index is 0.159. The van der Waals surface area contributed by atoms with Gasteiger partial charge in [0.1, 0.15) is 10.6 Å². The van der Waals surface area contributed by atoms with Crippen molar-refractivity contribution in [2.24, 2.45) is 5.73 Å². The second-order valence-corrected chi connectivity index (χ2v) is 6.04. The molecule has 4 N–H and O–H groups in total. The van der Waals surface area contributed by atoms with Crippen LogP contribution in [0.3, 0.4) is 0 Å². The number of rotatable bonds is 5. The fraction of sp³-hybridized carbons (Fsp3) is 0.231. The van der Waals surface area contributed by atoms with Crippen LogP contribution in [0.15, 0.2) is 35.4 Å². The molecule has 1 heterocycles. The monoisotopic (exact) mass is 295 g/mol. The molecule has 0 fully saturated rings. The van der Waals surface area contributed by atoms with Gasteiger partial charge in [0.2, 0.25) is 0 Å². The largest absolute Gasteiger partial charge is 0.496 e. The summed E-state index contributed by atoms with van der Waals surface area (Å²) in [6.07, 6.45) is 1.42. The van der Waals surface area contributed by atoms with Gasteiger partial charge in [0.25, 0.3) is 10.0 Å². The number of anilines is 1. The fourth-order valence-electron chi connectivity index (χ4n) is 1.85. The number of ether oxygens (including phenoxy) is 1. The number of nitrogens with one attached hydrogen (secondary N) is 2. The molecule has 2 rings (SSSR count). The number of aromatic nitrogens is 1. The van der Waals surface area contributed by atoms with Crippen molar-refractivity contribution in [3.05, 3.63) is 41.7 Å². The lowest BCUT2D eigenvalue weighted by Gasteiger charge is -2.09. The van der Waals surface area contributed by atoms with Gasteiger partial charge in [-0.05, 0) is 36.8 Å². The fourth-order valence-corrected chi connectivity index (χ4v) is 2.91. The lowest BCUT2D eigenvalue weighted by atomic mass is 10.2. The van der Waals surface area contributed by atoms with Gasteiger partial charge in [-0.1, -0.05) is 0 Å². The van der Waals surface area contributed by atoms with Crippen molar-refractivity contribution in [2.45, 2.75) is 18.4 Å². The summed E-state index contributed by atoms with van der Waals surface area (Å²) in [5.74, 6) is 0.708. The van der Waals surface area contributed by atoms with E-state index in [1.54, 1.807) is 25.3 Å². The standard InChI is InChI=1S/C13H17N3O3S/c1-9-5-10(3-4-13(9)19-2)16-20(17,18)12-6-11(7-14)15-8-12/h3-6,8,15-16H,7,14H2,1-2H3. The van der Waals surface area contributed by atoms with Gasteiger partial charge in [-0.2, -0.15) is 0 Å². The minimum atomic E-state index is -3.62. The molecular weight excluding hydrogens is 278 g/mol. The molecule has 0 bridgehead atoms. The number of aryl methyl sites for hydroxylation is 1. The van der Waals surface area contributed by atoms with Crippen LogP contribution in [0.2, 0.25) is 0 Å². The Hall–Kier alpha value is -1.99. The maximum Gasteiger partial charge on any atom is 0.263 e. The van der Waals surface area contributed by atoms with Crippen LogP contribution in [0.25, 0.3) is 0 Å². The molecule has 0 aliphatic rings. The van der Waals surface area contributed by atoms with Crippen LogP contribution in [-0.2, 0) is 16.6 Å². The molecule has 1 aromatic heterocycles. The molecule has 0 unspecified atom stereocenters. The summed E-state index contributed by atoms with van der Waals surface area (Å²) in [5, 5.41) is 0. The van der Waals surface area contributed by atoms with Crippen LogP contribution in [0.5, 0.6) is 5.75 Å². The second-order valence-electron chi connectivity index (χ2n) is 4.35. The molecule has 20 heavy (non-hydrogen) atoms. The van der Waals surface area contributed by atoms with Gasteiger partial charge in [-0.3, -0.25) is 4.72 Å². The number of hydrogen-bond donors (Lipinski definition) is 3. The van der Waals surface area contributed by atoms with Crippen LogP contribution < -0.4 is 15.2 Å². The summed E-state index contributed by atoms with van der Waals surface area (Å²) < 4.78 is 32.0. The summed E-state index contributed by atoms with van der Waals surface area (Å²) in [5.41, 5.74) is 7.45. The molecule has 108 valence electrons. The highest BCUT2D eigenvalue weighted by Gasteiger charge is 2.16. The summed E-state index contributed by atoms with van der Waals surface area (Å²) in [6, 6.07) is 6.60. The molecular formula is C13H17N3O3S. The van der Waals surface area contributed by atoms with Gasteiger partial charge in [-0.15, -0.1) is 0 Å². The molecule has 0 radical (unpaired) electrons. The number of methoxy groups -OCH3 is 1. The number of hydrogen-bond acceptors (Lipinski definition) is 4. The van der Waals surface area contributed by atoms with E-state index in [2.05, 4.69) is 9.71 Å². The molecule has 0 saturated heterocycles. The van der Waals surface area contributed by atoms with Gasteiger partial charge >= 0.3 is 0 Å². The third kappa shape index (κ3) is 2.94. The maximum absolute atomic E-state index is 12.2. The first-order chi connectivity index (χ1) is 9.46. The van der Waals surface area contributed by atoms with E-state index < -0.39 is 10.0 Å². The van der Waals surface area contributed by atoms with Crippen LogP contribution >= 0.6 is 0 Å². The topological polar surface area (TPSA) is 97.2 Å². The normalized spacial score (nSPS) is 11.3. The average Bonchev–Trinajstić information content (AvgIpc) is 2.88. The second kappa shape index (κ2) is 5.56. The lowest BCUT2D eigenvalue weighted by Crippen LogP contribution is -2.12. The summed E-state index contributed by atoms with van der Waals surface area (Å²) in [7, 11) is -2.05. The summed E-state index contributed by atoms with van der Waals surface area (Å²) in [4.78, 5) is 2.97. The predicted molar refractivity (Wildman–Crippen MR) is 77.2 cm³/mol. The van der Waals surface area contributed by atoms with E-state index in [-0.39, 0.29) is 11.4 Å². The highest BCUT2D eigenvalue weighted by Crippen LogP contribution is 2.23. The van der Waals surface area contributed by atoms with Crippen molar-refractivity contribution in [3.63, 3.8) is 0 Å². The van der Waals surface area contributed by atoms with Gasteiger partial charge in [0.05, 0.1) is 7.11 Å². The number of H-pyrrole nitrogens is 1. The highest BCUT2D eigenvalue weighted by molar-refractivity contribution is 7.92. The van der Waals surface area contributed by atoms with Crippen LogP contribution in [0, 0.1) is 6.92 Å². The van der Waals surface area contributed by atoms with Crippen molar-refractivity contribution in [2.75, 3.05) is 11.8 Å². The van der Waals surface area contributed by atoms with Crippen LogP contribution in [0.1, 0.15) is 11.3 Å². The molecule has 7 heteroatoms. The van der Waals surface area contributed by atoms with Crippen molar-refractivity contribution in [3.8, 4) is 5.75 Å². The molecule has 0 atom stereocenters. The van der Waals surface area contributed by atoms with Gasteiger partial charge in [0.15, 0.2) is 0 Å². The Balaban J connectivity index is 2.26. The predicted octanol–water partition coefficient (Wildman–Crippen LogP) is 1.59. The number of aromatic amines is 1. The van der Waals surface area contributed by atoms with E-state index in [0.29, 0.717) is 17.1 Å². The highest BCUT2D eigenvalue weighted by atomic mass is 32.2. The smallest absolute Gasteiger partial charge is 0.263 e. The SMILES string of the molecule is COc1ccc(NS(=O)(=O)c2c[nH]c(CN)c2)cc1C. The van der Waals surface area contributed by atoms with Crippen molar-refractivity contribution in [1.29, 1.82) is 0 Å². The van der Waals surface area contributed by atoms with Crippen LogP contribution in [-0.4, -0.2) is 20.5 Å². The molecule has 2 aromatic rings. The molecule has 0 saturated carbocycles. The van der Waals surface area contributed by atoms with E-state index in [4.69, 9.17) is 10.5 Å². The van der Waals surface area contributed by atoms with Crippen molar-refractivity contribution in [1.82, 2.24) is 4.98 Å². The molecule has 6 nitrogen and oxygen atoms in total. The Bertz CT molecular complexity index is 707. The molecule has 0 aliphatic carbocycles. The Morgan fingerprint density at radius 1 is 1.35 bits per heavy atom. The lowest BCUT2D eigenvalue weighted by molar-refractivity contribution is 0.412. The number of sulfonamides is 1. The zero-order valence-electron chi connectivity index (χ0n) is 11.3. The van der Waals surface area contributed by atoms with Gasteiger partial charge in [0, 0.05) is 24.1 Å². The Kier molecular flexibility index (Phi) is 4.01. The summed E-state index contributed by atoms with van der Waals surface area (Å²) in [6.45, 7) is 2.11. The first kappa shape index (κ1) is 14.4. The third-order valence-corrected chi connectivity index (χ3v) is 4.25. The Morgan fingerprint density at radius 2 is 2.10 bits per heavy atom. The van der Waals surface area contributed by atoms with Gasteiger partial charge in [-0.25, -0.2) is 8.42 Å². The summed E-state index contributed by atoms with van der Waals surface area (Å²) >= 11 is 0. The van der Waals surface area contributed by atoms with E-state index in [1.165, 1.54) is 12.3 Å². The van der Waals surface area contributed by atoms with Crippen molar-refractivity contribution < 1.29 is 13.2 Å². The van der Waals surface area contributed by atoms with E-state index in [1.807, 2.05) is 6.92 Å². The first-order valence-corrected chi connectivity index (χ1v) is 7.49. The van der Waals surface area contributed by atoms with E-state index in [9.17, 15) is 8.42 Å². The zero-order chi connectivity index (χ0) is 14.8. The third-order valence-electron chi connectivity index (χ3n) is 2.89. The molecule has 1 aromatic carbocycles. The van der Waals surface area contributed by atoms with Crippen molar-refractivity contribution >= 4 is 15.7 Å². The Labute approximate surface area is 118 Å². The minimum Gasteiger partial charge on any atom is -0.496 e. The molecule has 0 spiro atoms. The Morgan fingerprint density at radius 3 is 2.65 bits per heavy atom. The quantitative estimate of drug-likeness (QED) is 0.780. The first-order valence-electron chi connectivity index (χ1n) is 6.01. The maximum atomic E-state index is 12.2. The van der Waals surface area contributed by atoms with Crippen LogP contribution in [0.4, 0.5) is 5.69 Å². The zero-order valence-corrected chi connectivity index (χ0v) is 12.1. The average molecular weight is 295 g/mol.